The van der Waals surface area contributed by atoms with E-state index < -0.39 is 22.0 Å². The second kappa shape index (κ2) is 6.45. The van der Waals surface area contributed by atoms with E-state index >= 15 is 0 Å². The zero-order valence-electron chi connectivity index (χ0n) is 15.5. The molecule has 1 aliphatic heterocycles. The van der Waals surface area contributed by atoms with Gasteiger partial charge in [0.15, 0.2) is 5.78 Å². The summed E-state index contributed by atoms with van der Waals surface area (Å²) in [6.07, 6.45) is 2.32. The highest BCUT2D eigenvalue weighted by molar-refractivity contribution is 7.89. The van der Waals surface area contributed by atoms with Gasteiger partial charge in [0.1, 0.15) is 6.54 Å². The summed E-state index contributed by atoms with van der Waals surface area (Å²) in [5, 5.41) is 4.52. The number of ketones is 1. The molecule has 144 valence electrons. The monoisotopic (exact) mass is 382 g/mol. The van der Waals surface area contributed by atoms with Crippen molar-refractivity contribution in [3.63, 3.8) is 0 Å². The normalized spacial score (nSPS) is 23.2. The van der Waals surface area contributed by atoms with Crippen LogP contribution in [0.5, 0.6) is 0 Å². The first kappa shape index (κ1) is 19.0. The number of Topliss-reactive ketones (excluding diaryl/α,β-unsaturated/α-hetero) is 1. The number of carbonyl (C=O) groups is 2. The van der Waals surface area contributed by atoms with Crippen LogP contribution in [0.3, 0.4) is 0 Å². The fourth-order valence-electron chi connectivity index (χ4n) is 4.06. The lowest BCUT2D eigenvalue weighted by atomic mass is 9.75. The van der Waals surface area contributed by atoms with Crippen molar-refractivity contribution in [1.82, 2.24) is 14.1 Å². The van der Waals surface area contributed by atoms with Crippen molar-refractivity contribution >= 4 is 21.7 Å². The summed E-state index contributed by atoms with van der Waals surface area (Å²) in [5.41, 5.74) is 6.79. The van der Waals surface area contributed by atoms with Gasteiger partial charge in [-0.25, -0.2) is 8.42 Å². The summed E-state index contributed by atoms with van der Waals surface area (Å²) in [6, 6.07) is -0.451. The smallest absolute Gasteiger partial charge is 0.239 e. The van der Waals surface area contributed by atoms with Gasteiger partial charge < -0.3 is 5.73 Å². The standard InChI is InChI=1S/C17H26N4O4S/c1-4-26(24,25)21-7-5-6-11(21)16-15-12(20(19-16)10-14(18)23)8-17(2,3)9-13(15)22/h11H,4-10H2,1-3H3,(H2,18,23)/t11-/m0/s1. The van der Waals surface area contributed by atoms with Crippen LogP contribution in [0.4, 0.5) is 0 Å². The molecular weight excluding hydrogens is 356 g/mol. The lowest BCUT2D eigenvalue weighted by Gasteiger charge is -2.30. The molecule has 2 aliphatic rings. The molecule has 1 aromatic heterocycles. The van der Waals surface area contributed by atoms with E-state index in [1.165, 1.54) is 8.99 Å². The molecule has 3 rings (SSSR count). The maximum Gasteiger partial charge on any atom is 0.239 e. The highest BCUT2D eigenvalue weighted by atomic mass is 32.2. The molecule has 0 saturated carbocycles. The average Bonchev–Trinajstić information content (AvgIpc) is 3.11. The average molecular weight is 382 g/mol. The Morgan fingerprint density at radius 3 is 2.65 bits per heavy atom. The maximum atomic E-state index is 12.9. The van der Waals surface area contributed by atoms with Crippen LogP contribution in [0.2, 0.25) is 0 Å². The van der Waals surface area contributed by atoms with Gasteiger partial charge in [-0.1, -0.05) is 13.8 Å². The third-order valence-corrected chi connectivity index (χ3v) is 7.08. The fraction of sp³-hybridized carbons (Fsp3) is 0.706. The van der Waals surface area contributed by atoms with Crippen LogP contribution in [0, 0.1) is 5.41 Å². The van der Waals surface area contributed by atoms with Crippen molar-refractivity contribution < 1.29 is 18.0 Å². The van der Waals surface area contributed by atoms with Crippen molar-refractivity contribution in [2.45, 2.75) is 59.0 Å². The Bertz CT molecular complexity index is 856. The molecule has 2 heterocycles. The van der Waals surface area contributed by atoms with Gasteiger partial charge in [0.2, 0.25) is 15.9 Å². The Kier molecular flexibility index (Phi) is 4.72. The molecular formula is C17H26N4O4S. The first-order chi connectivity index (χ1) is 12.1. The molecule has 0 bridgehead atoms. The number of primary amides is 1. The Morgan fingerprint density at radius 1 is 1.35 bits per heavy atom. The predicted octanol–water partition coefficient (Wildman–Crippen LogP) is 1.01. The van der Waals surface area contributed by atoms with Crippen molar-refractivity contribution in [1.29, 1.82) is 0 Å². The molecule has 9 heteroatoms. The number of sulfonamides is 1. The molecule has 1 amide bonds. The first-order valence-corrected chi connectivity index (χ1v) is 10.6. The van der Waals surface area contributed by atoms with Crippen molar-refractivity contribution in [2.24, 2.45) is 11.1 Å². The third kappa shape index (κ3) is 3.29. The summed E-state index contributed by atoms with van der Waals surface area (Å²) in [6.45, 7) is 5.92. The summed E-state index contributed by atoms with van der Waals surface area (Å²) >= 11 is 0. The van der Waals surface area contributed by atoms with Gasteiger partial charge in [0.25, 0.3) is 0 Å². The van der Waals surface area contributed by atoms with Gasteiger partial charge in [-0.15, -0.1) is 0 Å². The molecule has 0 spiro atoms. The molecule has 0 unspecified atom stereocenters. The van der Waals surface area contributed by atoms with Crippen molar-refractivity contribution in [3.05, 3.63) is 17.0 Å². The van der Waals surface area contributed by atoms with E-state index in [0.29, 0.717) is 42.8 Å². The van der Waals surface area contributed by atoms with Crippen LogP contribution >= 0.6 is 0 Å². The van der Waals surface area contributed by atoms with E-state index in [-0.39, 0.29) is 23.5 Å². The maximum absolute atomic E-state index is 12.9. The number of aromatic nitrogens is 2. The minimum atomic E-state index is -3.39. The summed E-state index contributed by atoms with van der Waals surface area (Å²) in [4.78, 5) is 24.3. The van der Waals surface area contributed by atoms with Crippen LogP contribution in [-0.4, -0.2) is 46.5 Å². The van der Waals surface area contributed by atoms with Crippen LogP contribution in [0.1, 0.15) is 67.8 Å². The van der Waals surface area contributed by atoms with E-state index in [0.717, 1.165) is 6.42 Å². The van der Waals surface area contributed by atoms with Crippen molar-refractivity contribution in [3.8, 4) is 0 Å². The minimum Gasteiger partial charge on any atom is -0.368 e. The van der Waals surface area contributed by atoms with Crippen LogP contribution in [0.25, 0.3) is 0 Å². The SMILES string of the molecule is CCS(=O)(=O)N1CCC[C@H]1c1nn(CC(N)=O)c2c1C(=O)CC(C)(C)C2. The molecule has 1 aromatic rings. The van der Waals surface area contributed by atoms with Gasteiger partial charge in [-0.05, 0) is 31.6 Å². The Labute approximate surface area is 153 Å². The number of fused-ring (bicyclic) bond motifs is 1. The molecule has 1 fully saturated rings. The molecule has 0 radical (unpaired) electrons. The number of rotatable bonds is 5. The van der Waals surface area contributed by atoms with Crippen molar-refractivity contribution in [2.75, 3.05) is 12.3 Å². The largest absolute Gasteiger partial charge is 0.368 e. The third-order valence-electron chi connectivity index (χ3n) is 5.20. The summed E-state index contributed by atoms with van der Waals surface area (Å²) < 4.78 is 27.9. The Morgan fingerprint density at radius 2 is 2.04 bits per heavy atom. The molecule has 26 heavy (non-hydrogen) atoms. The van der Waals surface area contributed by atoms with Gasteiger partial charge in [0.05, 0.1) is 28.7 Å². The molecule has 8 nitrogen and oxygen atoms in total. The number of hydrogen-bond donors (Lipinski definition) is 1. The highest BCUT2D eigenvalue weighted by Crippen LogP contribution is 2.42. The zero-order chi connectivity index (χ0) is 19.3. The quantitative estimate of drug-likeness (QED) is 0.816. The number of nitrogens with two attached hydrogens (primary N) is 1. The van der Waals surface area contributed by atoms with Gasteiger partial charge in [0, 0.05) is 13.0 Å². The molecule has 1 aliphatic carbocycles. The fourth-order valence-corrected chi connectivity index (χ4v) is 5.40. The molecule has 0 aromatic carbocycles. The molecule has 1 atom stereocenters. The van der Waals surface area contributed by atoms with E-state index in [1.54, 1.807) is 6.92 Å². The van der Waals surface area contributed by atoms with E-state index in [4.69, 9.17) is 5.73 Å². The van der Waals surface area contributed by atoms with E-state index in [2.05, 4.69) is 5.10 Å². The molecule has 2 N–H and O–H groups in total. The topological polar surface area (TPSA) is 115 Å². The Hall–Kier alpha value is -1.74. The van der Waals surface area contributed by atoms with Gasteiger partial charge in [-0.3, -0.25) is 14.3 Å². The number of carbonyl (C=O) groups excluding carboxylic acids is 2. The van der Waals surface area contributed by atoms with Crippen LogP contribution in [0.15, 0.2) is 0 Å². The van der Waals surface area contributed by atoms with Crippen LogP contribution in [-0.2, 0) is 27.8 Å². The molecule has 1 saturated heterocycles. The first-order valence-electron chi connectivity index (χ1n) is 8.96. The van der Waals surface area contributed by atoms with Gasteiger partial charge >= 0.3 is 0 Å². The highest BCUT2D eigenvalue weighted by Gasteiger charge is 2.42. The van der Waals surface area contributed by atoms with Gasteiger partial charge in [-0.2, -0.15) is 9.40 Å². The second-order valence-electron chi connectivity index (χ2n) is 7.94. The lowest BCUT2D eigenvalue weighted by Crippen LogP contribution is -2.33. The van der Waals surface area contributed by atoms with E-state index in [1.807, 2.05) is 13.8 Å². The number of hydrogen-bond acceptors (Lipinski definition) is 5. The van der Waals surface area contributed by atoms with Crippen LogP contribution < -0.4 is 5.73 Å². The summed E-state index contributed by atoms with van der Waals surface area (Å²) in [7, 11) is -3.39. The Balaban J connectivity index is 2.13. The second-order valence-corrected chi connectivity index (χ2v) is 10.2. The predicted molar refractivity (Wildman–Crippen MR) is 96.0 cm³/mol. The zero-order valence-corrected chi connectivity index (χ0v) is 16.3. The number of amides is 1. The lowest BCUT2D eigenvalue weighted by molar-refractivity contribution is -0.118. The number of nitrogens with zero attached hydrogens (tertiary/aromatic N) is 3. The van der Waals surface area contributed by atoms with E-state index in [9.17, 15) is 18.0 Å². The summed E-state index contributed by atoms with van der Waals surface area (Å²) in [5.74, 6) is -0.570. The minimum absolute atomic E-state index is 0.00859.